The summed E-state index contributed by atoms with van der Waals surface area (Å²) in [4.78, 5) is 15.0. The van der Waals surface area contributed by atoms with E-state index in [1.165, 1.54) is 12.8 Å². The Hall–Kier alpha value is -0.970. The molecule has 1 heterocycles. The fourth-order valence-corrected chi connectivity index (χ4v) is 3.85. The van der Waals surface area contributed by atoms with Crippen LogP contribution in [-0.4, -0.2) is 36.0 Å². The molecule has 4 nitrogen and oxygen atoms in total. The second kappa shape index (κ2) is 8.15. The summed E-state index contributed by atoms with van der Waals surface area (Å²) in [5.41, 5.74) is 6.68. The summed E-state index contributed by atoms with van der Waals surface area (Å²) in [7, 11) is 0. The number of hydrogen-bond donors (Lipinski definition) is 1. The number of nitrogens with two attached hydrogens (primary N) is 1. The van der Waals surface area contributed by atoms with Gasteiger partial charge in [0.1, 0.15) is 5.75 Å². The Balaban J connectivity index is 0.00000225. The van der Waals surface area contributed by atoms with E-state index in [-0.39, 0.29) is 35.9 Å². The van der Waals surface area contributed by atoms with E-state index >= 15 is 0 Å². The minimum atomic E-state index is -0.0844. The van der Waals surface area contributed by atoms with Crippen LogP contribution in [0.3, 0.4) is 0 Å². The Morgan fingerprint density at radius 2 is 1.96 bits per heavy atom. The molecule has 0 bridgehead atoms. The van der Waals surface area contributed by atoms with Gasteiger partial charge in [-0.3, -0.25) is 4.79 Å². The Labute approximate surface area is 161 Å². The largest absolute Gasteiger partial charge is 0.490 e. The molecule has 140 valence electrons. The van der Waals surface area contributed by atoms with Crippen LogP contribution in [0.4, 0.5) is 0 Å². The zero-order valence-corrected chi connectivity index (χ0v) is 16.5. The average Bonchev–Trinajstić information content (AvgIpc) is 3.04. The molecule has 1 aliphatic carbocycles. The van der Waals surface area contributed by atoms with E-state index in [1.54, 1.807) is 12.1 Å². The fraction of sp³-hybridized carbons (Fsp3) is 0.632. The maximum Gasteiger partial charge on any atom is 0.257 e. The first-order chi connectivity index (χ1) is 11.4. The molecule has 3 rings (SSSR count). The lowest BCUT2D eigenvalue weighted by Crippen LogP contribution is -2.54. The number of hydrogen-bond acceptors (Lipinski definition) is 3. The highest BCUT2D eigenvalue weighted by atomic mass is 35.5. The summed E-state index contributed by atoms with van der Waals surface area (Å²) in [6, 6.07) is 5.47. The maximum absolute atomic E-state index is 13.1. The van der Waals surface area contributed by atoms with Crippen LogP contribution in [0, 0.1) is 5.41 Å². The van der Waals surface area contributed by atoms with Gasteiger partial charge in [-0.05, 0) is 55.7 Å². The molecule has 1 atom stereocenters. The molecule has 1 saturated carbocycles. The number of carbonyl (C=O) groups excluding carboxylic acids is 1. The second-order valence-electron chi connectivity index (χ2n) is 7.78. The quantitative estimate of drug-likeness (QED) is 0.842. The van der Waals surface area contributed by atoms with E-state index in [9.17, 15) is 4.79 Å². The van der Waals surface area contributed by atoms with Gasteiger partial charge in [-0.15, -0.1) is 12.4 Å². The highest BCUT2D eigenvalue weighted by molar-refractivity contribution is 6.31. The molecule has 1 amide bonds. The van der Waals surface area contributed by atoms with Crippen LogP contribution < -0.4 is 10.5 Å². The molecule has 1 aliphatic heterocycles. The molecule has 0 aromatic heterocycles. The van der Waals surface area contributed by atoms with Gasteiger partial charge in [-0.2, -0.15) is 0 Å². The second-order valence-corrected chi connectivity index (χ2v) is 8.21. The minimum absolute atomic E-state index is 0. The molecule has 1 saturated heterocycles. The molecule has 1 aromatic carbocycles. The maximum atomic E-state index is 13.1. The van der Waals surface area contributed by atoms with E-state index in [2.05, 4.69) is 13.8 Å². The Bertz CT molecular complexity index is 615. The van der Waals surface area contributed by atoms with Crippen LogP contribution >= 0.6 is 24.0 Å². The molecule has 0 spiro atoms. The molecule has 6 heteroatoms. The van der Waals surface area contributed by atoms with Crippen molar-refractivity contribution in [2.45, 2.75) is 58.1 Å². The topological polar surface area (TPSA) is 55.6 Å². The van der Waals surface area contributed by atoms with Crippen molar-refractivity contribution >= 4 is 29.9 Å². The lowest BCUT2D eigenvalue weighted by atomic mass is 9.79. The van der Waals surface area contributed by atoms with Crippen LogP contribution in [0.25, 0.3) is 0 Å². The van der Waals surface area contributed by atoms with Crippen LogP contribution in [0.1, 0.15) is 56.3 Å². The van der Waals surface area contributed by atoms with Gasteiger partial charge in [0, 0.05) is 24.2 Å². The van der Waals surface area contributed by atoms with Crippen molar-refractivity contribution in [1.29, 1.82) is 0 Å². The Kier molecular flexibility index (Phi) is 6.63. The third kappa shape index (κ3) is 4.60. The van der Waals surface area contributed by atoms with Crippen molar-refractivity contribution in [1.82, 2.24) is 4.90 Å². The summed E-state index contributed by atoms with van der Waals surface area (Å²) >= 11 is 6.15. The van der Waals surface area contributed by atoms with Gasteiger partial charge in [0.05, 0.1) is 11.7 Å². The summed E-state index contributed by atoms with van der Waals surface area (Å²) in [5, 5.41) is 0.560. The zero-order chi connectivity index (χ0) is 17.3. The van der Waals surface area contributed by atoms with Gasteiger partial charge in [0.2, 0.25) is 0 Å². The average molecular weight is 387 g/mol. The highest BCUT2D eigenvalue weighted by Crippen LogP contribution is 2.32. The lowest BCUT2D eigenvalue weighted by molar-refractivity contribution is 0.0527. The van der Waals surface area contributed by atoms with Crippen LogP contribution in [0.15, 0.2) is 18.2 Å². The van der Waals surface area contributed by atoms with Gasteiger partial charge >= 0.3 is 0 Å². The molecule has 1 aromatic rings. The first-order valence-corrected chi connectivity index (χ1v) is 9.26. The summed E-state index contributed by atoms with van der Waals surface area (Å²) in [6.45, 7) is 5.57. The van der Waals surface area contributed by atoms with Gasteiger partial charge in [0.25, 0.3) is 5.91 Å². The number of halogens is 2. The normalized spacial score (nSPS) is 23.2. The van der Waals surface area contributed by atoms with Crippen molar-refractivity contribution in [3.05, 3.63) is 28.8 Å². The molecular weight excluding hydrogens is 359 g/mol. The molecule has 2 aliphatic rings. The molecule has 0 radical (unpaired) electrons. The van der Waals surface area contributed by atoms with Crippen molar-refractivity contribution < 1.29 is 9.53 Å². The summed E-state index contributed by atoms with van der Waals surface area (Å²) in [6.07, 6.45) is 5.53. The smallest absolute Gasteiger partial charge is 0.257 e. The number of likely N-dealkylation sites (tertiary alicyclic amines) is 1. The van der Waals surface area contributed by atoms with E-state index < -0.39 is 0 Å². The van der Waals surface area contributed by atoms with Gasteiger partial charge < -0.3 is 15.4 Å². The minimum Gasteiger partial charge on any atom is -0.490 e. The van der Waals surface area contributed by atoms with Crippen molar-refractivity contribution in [2.75, 3.05) is 13.1 Å². The standard InChI is InChI=1S/C19H27ClN2O2.ClH/c1-19(2)12-22(10-9-17(19)21)18(23)15-11-13(20)7-8-16(15)24-14-5-3-4-6-14;/h7-8,11,14,17H,3-6,9-10,12,21H2,1-2H3;1H. The predicted octanol–water partition coefficient (Wildman–Crippen LogP) is 4.28. The Morgan fingerprint density at radius 1 is 1.28 bits per heavy atom. The molecular formula is C19H28Cl2N2O2. The monoisotopic (exact) mass is 386 g/mol. The van der Waals surface area contributed by atoms with E-state index in [0.717, 1.165) is 19.3 Å². The number of piperidine rings is 1. The SMILES string of the molecule is CC1(C)CN(C(=O)c2cc(Cl)ccc2OC2CCCC2)CCC1N.Cl. The number of carbonyl (C=O) groups is 1. The van der Waals surface area contributed by atoms with Crippen molar-refractivity contribution in [2.24, 2.45) is 11.1 Å². The van der Waals surface area contributed by atoms with E-state index in [1.807, 2.05) is 11.0 Å². The third-order valence-electron chi connectivity index (χ3n) is 5.37. The Morgan fingerprint density at radius 3 is 2.60 bits per heavy atom. The third-order valence-corrected chi connectivity index (χ3v) is 5.60. The van der Waals surface area contributed by atoms with Crippen LogP contribution in [0.2, 0.25) is 5.02 Å². The van der Waals surface area contributed by atoms with Crippen molar-refractivity contribution in [3.8, 4) is 5.75 Å². The van der Waals surface area contributed by atoms with Gasteiger partial charge in [-0.25, -0.2) is 0 Å². The van der Waals surface area contributed by atoms with Crippen LogP contribution in [-0.2, 0) is 0 Å². The van der Waals surface area contributed by atoms with Crippen LogP contribution in [0.5, 0.6) is 5.75 Å². The first kappa shape index (κ1) is 20.3. The number of ether oxygens (including phenoxy) is 1. The zero-order valence-electron chi connectivity index (χ0n) is 15.0. The summed E-state index contributed by atoms with van der Waals surface area (Å²) in [5.74, 6) is 0.648. The number of amides is 1. The molecule has 2 N–H and O–H groups in total. The fourth-order valence-electron chi connectivity index (χ4n) is 3.68. The molecule has 2 fully saturated rings. The first-order valence-electron chi connectivity index (χ1n) is 8.88. The summed E-state index contributed by atoms with van der Waals surface area (Å²) < 4.78 is 6.12. The van der Waals surface area contributed by atoms with E-state index in [0.29, 0.717) is 29.4 Å². The number of rotatable bonds is 3. The molecule has 25 heavy (non-hydrogen) atoms. The van der Waals surface area contributed by atoms with E-state index in [4.69, 9.17) is 22.1 Å². The van der Waals surface area contributed by atoms with Crippen molar-refractivity contribution in [3.63, 3.8) is 0 Å². The van der Waals surface area contributed by atoms with Gasteiger partial charge in [-0.1, -0.05) is 25.4 Å². The number of benzene rings is 1. The highest BCUT2D eigenvalue weighted by Gasteiger charge is 2.36. The lowest BCUT2D eigenvalue weighted by Gasteiger charge is -2.42. The predicted molar refractivity (Wildman–Crippen MR) is 104 cm³/mol. The molecule has 1 unspecified atom stereocenters. The number of nitrogens with zero attached hydrogens (tertiary/aromatic N) is 1. The van der Waals surface area contributed by atoms with Gasteiger partial charge in [0.15, 0.2) is 0 Å².